The zero-order valence-corrected chi connectivity index (χ0v) is 13.3. The maximum absolute atomic E-state index is 9.96. The molecule has 0 spiro atoms. The van der Waals surface area contributed by atoms with Crippen LogP contribution in [0.15, 0.2) is 29.2 Å². The van der Waals surface area contributed by atoms with Gasteiger partial charge in [-0.05, 0) is 45.2 Å². The molecule has 1 atom stereocenters. The highest BCUT2D eigenvalue weighted by Crippen LogP contribution is 2.21. The molecule has 22 heavy (non-hydrogen) atoms. The first kappa shape index (κ1) is 15.2. The van der Waals surface area contributed by atoms with E-state index in [0.717, 1.165) is 26.2 Å². The van der Waals surface area contributed by atoms with E-state index in [-0.39, 0.29) is 0 Å². The van der Waals surface area contributed by atoms with Crippen LogP contribution in [0, 0.1) is 5.92 Å². The van der Waals surface area contributed by atoms with Gasteiger partial charge in [0.05, 0.1) is 18.7 Å². The number of aliphatic hydroxyl groups is 1. The number of rotatable bonds is 5. The number of piperidine rings is 1. The van der Waals surface area contributed by atoms with Gasteiger partial charge in [0.15, 0.2) is 0 Å². The Morgan fingerprint density at radius 3 is 3.00 bits per heavy atom. The summed E-state index contributed by atoms with van der Waals surface area (Å²) >= 11 is 0. The Hall–Kier alpha value is -1.66. The first-order valence-electron chi connectivity index (χ1n) is 7.87. The molecular formula is C16H24N4O2. The lowest BCUT2D eigenvalue weighted by Crippen LogP contribution is -2.36. The summed E-state index contributed by atoms with van der Waals surface area (Å²) in [5, 5.41) is 18.2. The van der Waals surface area contributed by atoms with Gasteiger partial charge in [0.1, 0.15) is 11.3 Å². The lowest BCUT2D eigenvalue weighted by atomic mass is 9.97. The lowest BCUT2D eigenvalue weighted by molar-refractivity contribution is 0.0737. The normalized spacial score (nSPS) is 20.4. The fourth-order valence-electron chi connectivity index (χ4n) is 3.02. The number of hydrogen-bond acceptors (Lipinski definition) is 5. The summed E-state index contributed by atoms with van der Waals surface area (Å²) in [6.45, 7) is 7.45. The van der Waals surface area contributed by atoms with Gasteiger partial charge in [0, 0.05) is 25.2 Å². The molecule has 2 aromatic rings. The highest BCUT2D eigenvalue weighted by Gasteiger charge is 2.23. The van der Waals surface area contributed by atoms with E-state index < -0.39 is 5.60 Å². The van der Waals surface area contributed by atoms with Crippen LogP contribution >= 0.6 is 0 Å². The molecule has 120 valence electrons. The van der Waals surface area contributed by atoms with Crippen molar-refractivity contribution < 1.29 is 9.52 Å². The van der Waals surface area contributed by atoms with Crippen LogP contribution in [0.4, 0.5) is 0 Å². The van der Waals surface area contributed by atoms with E-state index in [1.807, 2.05) is 23.2 Å². The van der Waals surface area contributed by atoms with Crippen molar-refractivity contribution in [3.8, 4) is 0 Å². The highest BCUT2D eigenvalue weighted by molar-refractivity contribution is 5.05. The predicted molar refractivity (Wildman–Crippen MR) is 82.0 cm³/mol. The largest absolute Gasteiger partial charge is 0.472 e. The topological polar surface area (TPSA) is 67.3 Å². The van der Waals surface area contributed by atoms with Gasteiger partial charge in [-0.1, -0.05) is 5.21 Å². The number of aromatic nitrogens is 3. The molecule has 0 bridgehead atoms. The molecule has 1 aliphatic heterocycles. The third-order valence-corrected chi connectivity index (χ3v) is 4.20. The monoisotopic (exact) mass is 304 g/mol. The van der Waals surface area contributed by atoms with Crippen LogP contribution in [0.5, 0.6) is 0 Å². The van der Waals surface area contributed by atoms with Crippen LogP contribution < -0.4 is 0 Å². The van der Waals surface area contributed by atoms with E-state index in [1.165, 1.54) is 18.4 Å². The second-order valence-electron chi connectivity index (χ2n) is 6.76. The molecule has 1 N–H and O–H groups in total. The SMILES string of the molecule is CC(C)(O)c1cn(C[C@H]2CCCN(Cc3ccoc3)C2)nn1. The summed E-state index contributed by atoms with van der Waals surface area (Å²) in [7, 11) is 0. The second kappa shape index (κ2) is 6.22. The van der Waals surface area contributed by atoms with Crippen LogP contribution in [0.25, 0.3) is 0 Å². The molecule has 6 heteroatoms. The first-order valence-corrected chi connectivity index (χ1v) is 7.87. The molecule has 1 saturated heterocycles. The minimum absolute atomic E-state index is 0.567. The fraction of sp³-hybridized carbons (Fsp3) is 0.625. The number of likely N-dealkylation sites (tertiary alicyclic amines) is 1. The van der Waals surface area contributed by atoms with Crippen molar-refractivity contribution in [3.05, 3.63) is 36.0 Å². The molecule has 0 unspecified atom stereocenters. The summed E-state index contributed by atoms with van der Waals surface area (Å²) in [6, 6.07) is 2.02. The second-order valence-corrected chi connectivity index (χ2v) is 6.76. The van der Waals surface area contributed by atoms with Crippen molar-refractivity contribution >= 4 is 0 Å². The highest BCUT2D eigenvalue weighted by atomic mass is 16.3. The molecule has 3 heterocycles. The molecule has 0 amide bonds. The maximum Gasteiger partial charge on any atom is 0.114 e. The van der Waals surface area contributed by atoms with E-state index in [9.17, 15) is 5.11 Å². The molecule has 2 aromatic heterocycles. The van der Waals surface area contributed by atoms with Crippen molar-refractivity contribution in [1.82, 2.24) is 19.9 Å². The quantitative estimate of drug-likeness (QED) is 0.915. The summed E-state index contributed by atoms with van der Waals surface area (Å²) in [5.41, 5.74) is 0.919. The third kappa shape index (κ3) is 3.75. The van der Waals surface area contributed by atoms with Gasteiger partial charge in [-0.25, -0.2) is 0 Å². The predicted octanol–water partition coefficient (Wildman–Crippen LogP) is 2.01. The minimum atomic E-state index is -0.932. The minimum Gasteiger partial charge on any atom is -0.472 e. The van der Waals surface area contributed by atoms with Gasteiger partial charge in [-0.15, -0.1) is 5.10 Å². The zero-order chi connectivity index (χ0) is 15.6. The van der Waals surface area contributed by atoms with Gasteiger partial charge < -0.3 is 9.52 Å². The Balaban J connectivity index is 1.57. The van der Waals surface area contributed by atoms with Gasteiger partial charge in [-0.2, -0.15) is 0 Å². The zero-order valence-electron chi connectivity index (χ0n) is 13.3. The molecule has 0 saturated carbocycles. The average Bonchev–Trinajstić information content (AvgIpc) is 3.10. The summed E-state index contributed by atoms with van der Waals surface area (Å²) in [4.78, 5) is 2.47. The van der Waals surface area contributed by atoms with Crippen molar-refractivity contribution in [3.63, 3.8) is 0 Å². The number of furan rings is 1. The van der Waals surface area contributed by atoms with E-state index in [4.69, 9.17) is 4.42 Å². The standard InChI is InChI=1S/C16H24N4O2/c1-16(2,21)15-11-20(18-17-15)10-13-4-3-6-19(8-13)9-14-5-7-22-12-14/h5,7,11-13,21H,3-4,6,8-10H2,1-2H3/t13-/m0/s1. The molecule has 0 aliphatic carbocycles. The van der Waals surface area contributed by atoms with Crippen molar-refractivity contribution in [2.75, 3.05) is 13.1 Å². The van der Waals surface area contributed by atoms with E-state index in [1.54, 1.807) is 20.1 Å². The smallest absolute Gasteiger partial charge is 0.114 e. The Morgan fingerprint density at radius 2 is 2.32 bits per heavy atom. The Bertz CT molecular complexity index is 586. The number of nitrogens with zero attached hydrogens (tertiary/aromatic N) is 4. The Morgan fingerprint density at radius 1 is 1.45 bits per heavy atom. The van der Waals surface area contributed by atoms with Crippen LogP contribution in [0.3, 0.4) is 0 Å². The van der Waals surface area contributed by atoms with Gasteiger partial charge in [0.25, 0.3) is 0 Å². The molecule has 1 aliphatic rings. The Kier molecular flexibility index (Phi) is 4.31. The lowest BCUT2D eigenvalue weighted by Gasteiger charge is -2.32. The van der Waals surface area contributed by atoms with Gasteiger partial charge in [0.2, 0.25) is 0 Å². The van der Waals surface area contributed by atoms with Crippen LogP contribution in [-0.2, 0) is 18.7 Å². The van der Waals surface area contributed by atoms with Crippen LogP contribution in [0.1, 0.15) is 37.9 Å². The summed E-state index contributed by atoms with van der Waals surface area (Å²) in [5.74, 6) is 0.567. The summed E-state index contributed by atoms with van der Waals surface area (Å²) < 4.78 is 7.00. The van der Waals surface area contributed by atoms with E-state index >= 15 is 0 Å². The fourth-order valence-corrected chi connectivity index (χ4v) is 3.02. The number of hydrogen-bond donors (Lipinski definition) is 1. The summed E-state index contributed by atoms with van der Waals surface area (Å²) in [6.07, 6.45) is 7.81. The third-order valence-electron chi connectivity index (χ3n) is 4.20. The molecule has 1 fully saturated rings. The molecule has 0 radical (unpaired) electrons. The van der Waals surface area contributed by atoms with Crippen molar-refractivity contribution in [1.29, 1.82) is 0 Å². The molecular weight excluding hydrogens is 280 g/mol. The first-order chi connectivity index (χ1) is 10.5. The average molecular weight is 304 g/mol. The molecule has 6 nitrogen and oxygen atoms in total. The molecule has 0 aromatic carbocycles. The van der Waals surface area contributed by atoms with E-state index in [2.05, 4.69) is 15.2 Å². The van der Waals surface area contributed by atoms with Gasteiger partial charge in [-0.3, -0.25) is 9.58 Å². The maximum atomic E-state index is 9.96. The van der Waals surface area contributed by atoms with E-state index in [0.29, 0.717) is 11.6 Å². The molecule has 3 rings (SSSR count). The van der Waals surface area contributed by atoms with Crippen LogP contribution in [-0.4, -0.2) is 38.1 Å². The van der Waals surface area contributed by atoms with Crippen molar-refractivity contribution in [2.24, 2.45) is 5.92 Å². The van der Waals surface area contributed by atoms with Crippen molar-refractivity contribution in [2.45, 2.75) is 45.4 Å². The van der Waals surface area contributed by atoms with Crippen LogP contribution in [0.2, 0.25) is 0 Å². The van der Waals surface area contributed by atoms with Gasteiger partial charge >= 0.3 is 0 Å². The Labute approximate surface area is 130 Å².